The predicted octanol–water partition coefficient (Wildman–Crippen LogP) is 3.12. The van der Waals surface area contributed by atoms with Crippen LogP contribution in [0.3, 0.4) is 0 Å². The van der Waals surface area contributed by atoms with Crippen molar-refractivity contribution in [1.29, 1.82) is 0 Å². The Bertz CT molecular complexity index is 445. The van der Waals surface area contributed by atoms with Crippen molar-refractivity contribution in [2.75, 3.05) is 36.5 Å². The highest BCUT2D eigenvalue weighted by molar-refractivity contribution is 7.71. The van der Waals surface area contributed by atoms with E-state index in [2.05, 4.69) is 30.6 Å². The van der Waals surface area contributed by atoms with Crippen LogP contribution in [-0.4, -0.2) is 26.7 Å². The fraction of sp³-hybridized carbons (Fsp3) is 0.714. The van der Waals surface area contributed by atoms with Gasteiger partial charge in [0.1, 0.15) is 10.2 Å². The average Bonchev–Trinajstić information content (AvgIpc) is 2.38. The van der Waals surface area contributed by atoms with Gasteiger partial charge in [-0.1, -0.05) is 32.0 Å². The molecule has 0 spiro atoms. The molecule has 0 radical (unpaired) electrons. The fourth-order valence-corrected chi connectivity index (χ4v) is 2.59. The molecule has 0 bridgehead atoms. The first kappa shape index (κ1) is 15.2. The van der Waals surface area contributed by atoms with Crippen molar-refractivity contribution in [2.24, 2.45) is 0 Å². The number of anilines is 2. The largest absolute Gasteiger partial charge is 0.370 e. The molecule has 0 unspecified atom stereocenters. The van der Waals surface area contributed by atoms with Gasteiger partial charge in [0.2, 0.25) is 5.43 Å². The van der Waals surface area contributed by atoms with Gasteiger partial charge >= 0.3 is 0 Å². The molecule has 0 heterocycles. The molecule has 0 N–H and O–H groups in total. The predicted molar refractivity (Wildman–Crippen MR) is 82.3 cm³/mol. The van der Waals surface area contributed by atoms with E-state index in [1.54, 1.807) is 0 Å². The summed E-state index contributed by atoms with van der Waals surface area (Å²) in [7, 11) is 1.99. The van der Waals surface area contributed by atoms with Crippen LogP contribution in [0, 0.1) is 4.51 Å². The SMILES string of the molecule is CCCCCN(C)c1c(N(CC)CC)c(=S)c1=O. The molecule has 1 rings (SSSR count). The zero-order valence-corrected chi connectivity index (χ0v) is 12.8. The van der Waals surface area contributed by atoms with Crippen molar-refractivity contribution in [3.63, 3.8) is 0 Å². The number of nitrogens with zero attached hydrogens (tertiary/aromatic N) is 2. The van der Waals surface area contributed by atoms with Gasteiger partial charge in [-0.25, -0.2) is 0 Å². The Morgan fingerprint density at radius 3 is 2.17 bits per heavy atom. The summed E-state index contributed by atoms with van der Waals surface area (Å²) in [4.78, 5) is 16.2. The highest BCUT2D eigenvalue weighted by Crippen LogP contribution is 2.30. The maximum atomic E-state index is 11.9. The second-order valence-electron chi connectivity index (χ2n) is 4.66. The monoisotopic (exact) mass is 268 g/mol. The zero-order chi connectivity index (χ0) is 13.7. The lowest BCUT2D eigenvalue weighted by molar-refractivity contribution is 0.701. The Balaban J connectivity index is 2.86. The second kappa shape index (κ2) is 6.88. The topological polar surface area (TPSA) is 23.6 Å². The van der Waals surface area contributed by atoms with Gasteiger partial charge in [-0.3, -0.25) is 4.79 Å². The maximum Gasteiger partial charge on any atom is 0.224 e. The van der Waals surface area contributed by atoms with E-state index >= 15 is 0 Å². The lowest BCUT2D eigenvalue weighted by Crippen LogP contribution is -2.35. The van der Waals surface area contributed by atoms with Crippen molar-refractivity contribution in [1.82, 2.24) is 0 Å². The molecule has 0 aliphatic rings. The molecule has 3 nitrogen and oxygen atoms in total. The highest BCUT2D eigenvalue weighted by atomic mass is 32.1. The summed E-state index contributed by atoms with van der Waals surface area (Å²) in [5.41, 5.74) is 1.85. The van der Waals surface area contributed by atoms with E-state index in [0.29, 0.717) is 4.51 Å². The Morgan fingerprint density at radius 1 is 1.06 bits per heavy atom. The van der Waals surface area contributed by atoms with Crippen molar-refractivity contribution in [3.05, 3.63) is 14.7 Å². The molecule has 0 atom stereocenters. The fourth-order valence-electron chi connectivity index (χ4n) is 2.27. The molecule has 4 heteroatoms. The summed E-state index contributed by atoms with van der Waals surface area (Å²) in [6.07, 6.45) is 3.53. The number of unbranched alkanes of at least 4 members (excludes halogenated alkanes) is 2. The maximum absolute atomic E-state index is 11.9. The number of hydrogen-bond donors (Lipinski definition) is 0. The van der Waals surface area contributed by atoms with Crippen LogP contribution in [0.1, 0.15) is 40.0 Å². The van der Waals surface area contributed by atoms with E-state index in [4.69, 9.17) is 12.2 Å². The first-order valence-electron chi connectivity index (χ1n) is 6.87. The first-order chi connectivity index (χ1) is 8.58. The van der Waals surface area contributed by atoms with E-state index in [1.165, 1.54) is 12.8 Å². The average molecular weight is 268 g/mol. The molecule has 1 aromatic rings. The molecule has 1 aromatic carbocycles. The van der Waals surface area contributed by atoms with Gasteiger partial charge in [-0.2, -0.15) is 0 Å². The molecule has 0 aliphatic heterocycles. The van der Waals surface area contributed by atoms with Crippen LogP contribution in [0.2, 0.25) is 0 Å². The number of hydrogen-bond acceptors (Lipinski definition) is 4. The van der Waals surface area contributed by atoms with Gasteiger partial charge in [-0.05, 0) is 20.3 Å². The van der Waals surface area contributed by atoms with Crippen molar-refractivity contribution in [2.45, 2.75) is 40.0 Å². The molecule has 0 saturated heterocycles. The standard InChI is InChI=1S/C14H24N2OS/c1-5-8-9-10-15(4)11-12(14(18)13(11)17)16(6-2)7-3/h5-10H2,1-4H3. The summed E-state index contributed by atoms with van der Waals surface area (Å²) in [5, 5.41) is 0. The van der Waals surface area contributed by atoms with Crippen LogP contribution in [-0.2, 0) is 0 Å². The molecule has 0 aromatic heterocycles. The third-order valence-electron chi connectivity index (χ3n) is 3.42. The Morgan fingerprint density at radius 2 is 1.67 bits per heavy atom. The minimum Gasteiger partial charge on any atom is -0.370 e. The van der Waals surface area contributed by atoms with Gasteiger partial charge in [0, 0.05) is 26.7 Å². The van der Waals surface area contributed by atoms with Crippen LogP contribution < -0.4 is 15.2 Å². The quantitative estimate of drug-likeness (QED) is 0.534. The number of rotatable bonds is 8. The van der Waals surface area contributed by atoms with Gasteiger partial charge in [-0.15, -0.1) is 0 Å². The Labute approximate surface area is 115 Å². The van der Waals surface area contributed by atoms with Gasteiger partial charge < -0.3 is 9.80 Å². The molecular weight excluding hydrogens is 244 g/mol. The zero-order valence-electron chi connectivity index (χ0n) is 12.0. The van der Waals surface area contributed by atoms with E-state index in [9.17, 15) is 4.79 Å². The van der Waals surface area contributed by atoms with Crippen molar-refractivity contribution < 1.29 is 0 Å². The van der Waals surface area contributed by atoms with Crippen LogP contribution in [0.4, 0.5) is 11.4 Å². The Hall–Kier alpha value is -0.900. The molecule has 102 valence electrons. The molecule has 0 fully saturated rings. The van der Waals surface area contributed by atoms with E-state index in [0.717, 1.165) is 37.4 Å². The third kappa shape index (κ3) is 2.91. The summed E-state index contributed by atoms with van der Waals surface area (Å²) in [5.74, 6) is 0. The normalized spacial score (nSPS) is 10.9. The lowest BCUT2D eigenvalue weighted by Gasteiger charge is -2.30. The lowest BCUT2D eigenvalue weighted by atomic mass is 10.1. The van der Waals surface area contributed by atoms with Crippen LogP contribution in [0.15, 0.2) is 4.79 Å². The van der Waals surface area contributed by atoms with Gasteiger partial charge in [0.25, 0.3) is 0 Å². The van der Waals surface area contributed by atoms with Crippen LogP contribution >= 0.6 is 12.2 Å². The van der Waals surface area contributed by atoms with E-state index in [1.807, 2.05) is 7.05 Å². The summed E-state index contributed by atoms with van der Waals surface area (Å²) < 4.78 is 0.510. The van der Waals surface area contributed by atoms with E-state index < -0.39 is 0 Å². The van der Waals surface area contributed by atoms with Crippen molar-refractivity contribution >= 4 is 23.6 Å². The molecular formula is C14H24N2OS. The van der Waals surface area contributed by atoms with Crippen LogP contribution in [0.5, 0.6) is 0 Å². The van der Waals surface area contributed by atoms with Gasteiger partial charge in [0.05, 0.1) is 5.69 Å². The van der Waals surface area contributed by atoms with Crippen molar-refractivity contribution in [3.8, 4) is 0 Å². The third-order valence-corrected chi connectivity index (χ3v) is 3.80. The van der Waals surface area contributed by atoms with Crippen LogP contribution in [0.25, 0.3) is 0 Å². The minimum atomic E-state index is 0.0471. The summed E-state index contributed by atoms with van der Waals surface area (Å²) in [6, 6.07) is 0. The molecule has 18 heavy (non-hydrogen) atoms. The summed E-state index contributed by atoms with van der Waals surface area (Å²) in [6.45, 7) is 9.09. The second-order valence-corrected chi connectivity index (χ2v) is 5.06. The first-order valence-corrected chi connectivity index (χ1v) is 7.28. The smallest absolute Gasteiger partial charge is 0.224 e. The van der Waals surface area contributed by atoms with E-state index in [-0.39, 0.29) is 5.43 Å². The Kier molecular flexibility index (Phi) is 5.79. The summed E-state index contributed by atoms with van der Waals surface area (Å²) >= 11 is 5.19. The molecule has 0 aliphatic carbocycles. The van der Waals surface area contributed by atoms with Gasteiger partial charge in [0.15, 0.2) is 0 Å². The molecule has 0 amide bonds. The molecule has 0 saturated carbocycles. The highest BCUT2D eigenvalue weighted by Gasteiger charge is 2.24. The minimum absolute atomic E-state index is 0.0471.